The molecule has 0 aliphatic carbocycles. The molecule has 0 fully saturated rings. The molecule has 0 aromatic heterocycles. The molecule has 0 atom stereocenters. The number of nitrogen functional groups attached to an aromatic ring is 1. The van der Waals surface area contributed by atoms with Crippen molar-refractivity contribution in [3.05, 3.63) is 59.4 Å². The standard InChI is InChI=1S/C15H17FN2/c1-11-8-14(6-7-15(11)16)18(2)10-12-4-3-5-13(17)9-12/h3-9H,10,17H2,1-2H3. The summed E-state index contributed by atoms with van der Waals surface area (Å²) in [6, 6.07) is 12.9. The summed E-state index contributed by atoms with van der Waals surface area (Å²) in [6.07, 6.45) is 0. The number of anilines is 2. The van der Waals surface area contributed by atoms with E-state index in [1.165, 1.54) is 6.07 Å². The minimum absolute atomic E-state index is 0.170. The SMILES string of the molecule is Cc1cc(N(C)Cc2cccc(N)c2)ccc1F. The minimum atomic E-state index is -0.170. The normalized spacial score (nSPS) is 10.4. The lowest BCUT2D eigenvalue weighted by atomic mass is 10.1. The van der Waals surface area contributed by atoms with E-state index in [2.05, 4.69) is 4.90 Å². The Labute approximate surface area is 107 Å². The molecule has 2 rings (SSSR count). The first-order valence-electron chi connectivity index (χ1n) is 5.88. The van der Waals surface area contributed by atoms with Crippen molar-refractivity contribution < 1.29 is 4.39 Å². The summed E-state index contributed by atoms with van der Waals surface area (Å²) in [7, 11) is 1.98. The third-order valence-corrected chi connectivity index (χ3v) is 2.95. The van der Waals surface area contributed by atoms with E-state index < -0.39 is 0 Å². The number of hydrogen-bond acceptors (Lipinski definition) is 2. The average molecular weight is 244 g/mol. The molecule has 2 nitrogen and oxygen atoms in total. The largest absolute Gasteiger partial charge is 0.399 e. The van der Waals surface area contributed by atoms with Crippen molar-refractivity contribution in [3.63, 3.8) is 0 Å². The lowest BCUT2D eigenvalue weighted by molar-refractivity contribution is 0.618. The third-order valence-electron chi connectivity index (χ3n) is 2.95. The molecule has 94 valence electrons. The molecule has 0 amide bonds. The second-order valence-corrected chi connectivity index (χ2v) is 4.53. The smallest absolute Gasteiger partial charge is 0.126 e. The molecule has 0 aliphatic heterocycles. The van der Waals surface area contributed by atoms with E-state index >= 15 is 0 Å². The summed E-state index contributed by atoms with van der Waals surface area (Å²) >= 11 is 0. The summed E-state index contributed by atoms with van der Waals surface area (Å²) in [4.78, 5) is 2.07. The number of aryl methyl sites for hydroxylation is 1. The van der Waals surface area contributed by atoms with Gasteiger partial charge in [-0.1, -0.05) is 12.1 Å². The third kappa shape index (κ3) is 2.80. The molecular formula is C15H17FN2. The first-order chi connectivity index (χ1) is 8.56. The molecule has 2 aromatic carbocycles. The van der Waals surface area contributed by atoms with Crippen LogP contribution in [0.25, 0.3) is 0 Å². The van der Waals surface area contributed by atoms with Crippen molar-refractivity contribution in [3.8, 4) is 0 Å². The fourth-order valence-corrected chi connectivity index (χ4v) is 1.92. The van der Waals surface area contributed by atoms with Crippen LogP contribution in [-0.4, -0.2) is 7.05 Å². The van der Waals surface area contributed by atoms with Gasteiger partial charge in [-0.2, -0.15) is 0 Å². The van der Waals surface area contributed by atoms with Crippen LogP contribution in [0.4, 0.5) is 15.8 Å². The first kappa shape index (κ1) is 12.4. The van der Waals surface area contributed by atoms with E-state index in [0.29, 0.717) is 5.56 Å². The van der Waals surface area contributed by atoms with E-state index in [1.807, 2.05) is 37.4 Å². The number of nitrogens with two attached hydrogens (primary N) is 1. The van der Waals surface area contributed by atoms with Crippen molar-refractivity contribution in [2.45, 2.75) is 13.5 Å². The quantitative estimate of drug-likeness (QED) is 0.839. The van der Waals surface area contributed by atoms with Gasteiger partial charge in [0, 0.05) is 25.0 Å². The van der Waals surface area contributed by atoms with Gasteiger partial charge in [0.15, 0.2) is 0 Å². The van der Waals surface area contributed by atoms with Gasteiger partial charge in [0.1, 0.15) is 5.82 Å². The molecule has 0 heterocycles. The van der Waals surface area contributed by atoms with Crippen LogP contribution in [0.15, 0.2) is 42.5 Å². The van der Waals surface area contributed by atoms with Gasteiger partial charge < -0.3 is 10.6 Å². The molecule has 18 heavy (non-hydrogen) atoms. The molecule has 0 radical (unpaired) electrons. The minimum Gasteiger partial charge on any atom is -0.399 e. The van der Waals surface area contributed by atoms with Crippen LogP contribution in [0.5, 0.6) is 0 Å². The Balaban J connectivity index is 2.16. The summed E-state index contributed by atoms with van der Waals surface area (Å²) in [6.45, 7) is 2.52. The van der Waals surface area contributed by atoms with Crippen LogP contribution in [-0.2, 0) is 6.54 Å². The monoisotopic (exact) mass is 244 g/mol. The zero-order valence-electron chi connectivity index (χ0n) is 10.7. The molecule has 2 aromatic rings. The van der Waals surface area contributed by atoms with Crippen molar-refractivity contribution in [1.29, 1.82) is 0 Å². The lowest BCUT2D eigenvalue weighted by Gasteiger charge is -2.20. The molecule has 0 saturated heterocycles. The molecular weight excluding hydrogens is 227 g/mol. The Morgan fingerprint density at radius 1 is 1.17 bits per heavy atom. The zero-order valence-corrected chi connectivity index (χ0v) is 10.7. The number of rotatable bonds is 3. The highest BCUT2D eigenvalue weighted by molar-refractivity contribution is 5.49. The van der Waals surface area contributed by atoms with E-state index in [-0.39, 0.29) is 5.82 Å². The highest BCUT2D eigenvalue weighted by Crippen LogP contribution is 2.19. The summed E-state index contributed by atoms with van der Waals surface area (Å²) in [5.74, 6) is -0.170. The number of hydrogen-bond donors (Lipinski definition) is 1. The predicted octanol–water partition coefficient (Wildman–Crippen LogP) is 3.35. The average Bonchev–Trinajstić information content (AvgIpc) is 2.32. The van der Waals surface area contributed by atoms with Crippen LogP contribution < -0.4 is 10.6 Å². The molecule has 0 spiro atoms. The topological polar surface area (TPSA) is 29.3 Å². The summed E-state index contributed by atoms with van der Waals surface area (Å²) < 4.78 is 13.2. The van der Waals surface area contributed by atoms with E-state index in [0.717, 1.165) is 23.5 Å². The summed E-state index contributed by atoms with van der Waals surface area (Å²) in [5, 5.41) is 0. The van der Waals surface area contributed by atoms with Crippen LogP contribution in [0.1, 0.15) is 11.1 Å². The highest BCUT2D eigenvalue weighted by Gasteiger charge is 2.05. The Bertz CT molecular complexity index is 552. The Hall–Kier alpha value is -2.03. The highest BCUT2D eigenvalue weighted by atomic mass is 19.1. The van der Waals surface area contributed by atoms with Gasteiger partial charge >= 0.3 is 0 Å². The Kier molecular flexibility index (Phi) is 3.51. The second kappa shape index (κ2) is 5.08. The number of benzene rings is 2. The first-order valence-corrected chi connectivity index (χ1v) is 5.88. The fraction of sp³-hybridized carbons (Fsp3) is 0.200. The second-order valence-electron chi connectivity index (χ2n) is 4.53. The molecule has 0 bridgehead atoms. The fourth-order valence-electron chi connectivity index (χ4n) is 1.92. The predicted molar refractivity (Wildman–Crippen MR) is 74.1 cm³/mol. The van der Waals surface area contributed by atoms with Crippen molar-refractivity contribution >= 4 is 11.4 Å². The van der Waals surface area contributed by atoms with Gasteiger partial charge in [0.2, 0.25) is 0 Å². The lowest BCUT2D eigenvalue weighted by Crippen LogP contribution is -2.16. The molecule has 2 N–H and O–H groups in total. The van der Waals surface area contributed by atoms with Gasteiger partial charge in [-0.05, 0) is 48.4 Å². The van der Waals surface area contributed by atoms with Gasteiger partial charge in [-0.15, -0.1) is 0 Å². The number of halogens is 1. The molecule has 0 aliphatic rings. The van der Waals surface area contributed by atoms with Gasteiger partial charge in [0.05, 0.1) is 0 Å². The Morgan fingerprint density at radius 3 is 2.61 bits per heavy atom. The van der Waals surface area contributed by atoms with Crippen LogP contribution >= 0.6 is 0 Å². The van der Waals surface area contributed by atoms with Gasteiger partial charge in [0.25, 0.3) is 0 Å². The van der Waals surface area contributed by atoms with Crippen LogP contribution in [0, 0.1) is 12.7 Å². The summed E-state index contributed by atoms with van der Waals surface area (Å²) in [5.41, 5.74) is 9.30. The van der Waals surface area contributed by atoms with Crippen molar-refractivity contribution in [2.24, 2.45) is 0 Å². The van der Waals surface area contributed by atoms with Gasteiger partial charge in [-0.3, -0.25) is 0 Å². The number of nitrogens with zero attached hydrogens (tertiary/aromatic N) is 1. The van der Waals surface area contributed by atoms with Crippen LogP contribution in [0.3, 0.4) is 0 Å². The van der Waals surface area contributed by atoms with E-state index in [9.17, 15) is 4.39 Å². The van der Waals surface area contributed by atoms with Crippen LogP contribution in [0.2, 0.25) is 0 Å². The zero-order chi connectivity index (χ0) is 13.1. The molecule has 0 saturated carbocycles. The maximum absolute atomic E-state index is 13.2. The van der Waals surface area contributed by atoms with Gasteiger partial charge in [-0.25, -0.2) is 4.39 Å². The van der Waals surface area contributed by atoms with E-state index in [1.54, 1.807) is 13.0 Å². The molecule has 0 unspecified atom stereocenters. The Morgan fingerprint density at radius 2 is 1.94 bits per heavy atom. The van der Waals surface area contributed by atoms with Crippen molar-refractivity contribution in [2.75, 3.05) is 17.7 Å². The van der Waals surface area contributed by atoms with E-state index in [4.69, 9.17) is 5.73 Å². The van der Waals surface area contributed by atoms with Crippen molar-refractivity contribution in [1.82, 2.24) is 0 Å². The molecule has 3 heteroatoms. The maximum atomic E-state index is 13.2. The maximum Gasteiger partial charge on any atom is 0.126 e.